The van der Waals surface area contributed by atoms with Crippen LogP contribution in [-0.4, -0.2) is 39.6 Å². The van der Waals surface area contributed by atoms with Crippen LogP contribution in [0.15, 0.2) is 71.6 Å². The second-order valence-electron chi connectivity index (χ2n) is 6.57. The number of hydrogen-bond donors (Lipinski definition) is 1. The fraction of sp³-hybridized carbons (Fsp3) is 0.250. The molecule has 4 rings (SSSR count). The Bertz CT molecular complexity index is 896. The first-order chi connectivity index (χ1) is 13.2. The number of anilines is 1. The van der Waals surface area contributed by atoms with Gasteiger partial charge in [-0.1, -0.05) is 18.2 Å². The smallest absolute Gasteiger partial charge is 0.289 e. The van der Waals surface area contributed by atoms with Crippen molar-refractivity contribution >= 4 is 17.5 Å². The van der Waals surface area contributed by atoms with Crippen LogP contribution in [0.1, 0.15) is 23.4 Å². The Morgan fingerprint density at radius 2 is 1.81 bits per heavy atom. The molecular weight excluding hydrogens is 344 g/mol. The summed E-state index contributed by atoms with van der Waals surface area (Å²) in [5.41, 5.74) is -0.0950. The van der Waals surface area contributed by atoms with Crippen molar-refractivity contribution in [3.63, 3.8) is 0 Å². The summed E-state index contributed by atoms with van der Waals surface area (Å²) in [6.45, 7) is 0.892. The molecule has 7 heteroatoms. The van der Waals surface area contributed by atoms with Crippen LogP contribution in [0.25, 0.3) is 0 Å². The number of amides is 2. The number of hydrogen-bond acceptors (Lipinski definition) is 4. The standard InChI is InChI=1S/C20H20N4O3/c25-18(17-8-4-15-27-17)23-13-9-20(10-14-23,24-12-5-11-21-24)19(26)22-16-6-2-1-3-7-16/h1-8,11-12,15H,9-10,13-14H2,(H,22,26). The van der Waals surface area contributed by atoms with Gasteiger partial charge >= 0.3 is 0 Å². The SMILES string of the molecule is O=C(c1ccco1)N1CCC(C(=O)Nc2ccccc2)(n2cccn2)CC1. The Hall–Kier alpha value is -3.35. The van der Waals surface area contributed by atoms with Gasteiger partial charge in [-0.05, 0) is 43.2 Å². The molecule has 2 amide bonds. The molecule has 2 aromatic heterocycles. The number of para-hydroxylation sites is 1. The van der Waals surface area contributed by atoms with E-state index in [-0.39, 0.29) is 11.8 Å². The van der Waals surface area contributed by atoms with Gasteiger partial charge in [-0.2, -0.15) is 5.10 Å². The Kier molecular flexibility index (Phi) is 4.50. The molecule has 3 heterocycles. The number of nitrogens with one attached hydrogen (secondary N) is 1. The van der Waals surface area contributed by atoms with E-state index in [2.05, 4.69) is 10.4 Å². The quantitative estimate of drug-likeness (QED) is 0.772. The van der Waals surface area contributed by atoms with Crippen molar-refractivity contribution in [2.75, 3.05) is 18.4 Å². The molecule has 1 aliphatic heterocycles. The maximum absolute atomic E-state index is 13.2. The predicted molar refractivity (Wildman–Crippen MR) is 99.1 cm³/mol. The highest BCUT2D eigenvalue weighted by molar-refractivity contribution is 5.97. The van der Waals surface area contributed by atoms with Crippen molar-refractivity contribution in [2.24, 2.45) is 0 Å². The number of carbonyl (C=O) groups excluding carboxylic acids is 2. The summed E-state index contributed by atoms with van der Waals surface area (Å²) in [6.07, 6.45) is 5.89. The number of aromatic nitrogens is 2. The Balaban J connectivity index is 1.55. The summed E-state index contributed by atoms with van der Waals surface area (Å²) in [5.74, 6) is 0.0374. The summed E-state index contributed by atoms with van der Waals surface area (Å²) in [5, 5.41) is 7.32. The molecule has 0 unspecified atom stereocenters. The van der Waals surface area contributed by atoms with E-state index in [1.54, 1.807) is 40.2 Å². The maximum Gasteiger partial charge on any atom is 0.289 e. The van der Waals surface area contributed by atoms with Crippen molar-refractivity contribution in [3.8, 4) is 0 Å². The van der Waals surface area contributed by atoms with Gasteiger partial charge < -0.3 is 14.6 Å². The van der Waals surface area contributed by atoms with Gasteiger partial charge in [0.1, 0.15) is 5.54 Å². The van der Waals surface area contributed by atoms with Crippen LogP contribution in [0, 0.1) is 0 Å². The maximum atomic E-state index is 13.2. The molecule has 1 fully saturated rings. The largest absolute Gasteiger partial charge is 0.459 e. The van der Waals surface area contributed by atoms with Gasteiger partial charge in [0.25, 0.3) is 11.8 Å². The van der Waals surface area contributed by atoms with Crippen LogP contribution in [0.2, 0.25) is 0 Å². The van der Waals surface area contributed by atoms with E-state index in [1.807, 2.05) is 30.3 Å². The third kappa shape index (κ3) is 3.23. The summed E-state index contributed by atoms with van der Waals surface area (Å²) < 4.78 is 6.92. The second kappa shape index (κ2) is 7.11. The Morgan fingerprint density at radius 3 is 2.44 bits per heavy atom. The predicted octanol–water partition coefficient (Wildman–Crippen LogP) is 2.75. The van der Waals surface area contributed by atoms with E-state index in [9.17, 15) is 9.59 Å². The summed E-state index contributed by atoms with van der Waals surface area (Å²) in [4.78, 5) is 27.4. The number of benzene rings is 1. The van der Waals surface area contributed by atoms with Gasteiger partial charge in [-0.15, -0.1) is 0 Å². The first-order valence-corrected chi connectivity index (χ1v) is 8.88. The molecule has 3 aromatic rings. The molecule has 0 spiro atoms. The third-order valence-corrected chi connectivity index (χ3v) is 5.01. The van der Waals surface area contributed by atoms with Crippen LogP contribution >= 0.6 is 0 Å². The fourth-order valence-corrected chi connectivity index (χ4v) is 3.49. The minimum atomic E-state index is -0.834. The molecule has 0 atom stereocenters. The first-order valence-electron chi connectivity index (χ1n) is 8.88. The van der Waals surface area contributed by atoms with E-state index in [4.69, 9.17) is 4.42 Å². The van der Waals surface area contributed by atoms with E-state index in [1.165, 1.54) is 6.26 Å². The molecule has 0 aliphatic carbocycles. The highest BCUT2D eigenvalue weighted by Crippen LogP contribution is 2.32. The fourth-order valence-electron chi connectivity index (χ4n) is 3.49. The van der Waals surface area contributed by atoms with Crippen LogP contribution in [0.3, 0.4) is 0 Å². The Labute approximate surface area is 156 Å². The van der Waals surface area contributed by atoms with Crippen LogP contribution in [0.5, 0.6) is 0 Å². The third-order valence-electron chi connectivity index (χ3n) is 5.01. The van der Waals surface area contributed by atoms with Crippen molar-refractivity contribution in [1.82, 2.24) is 14.7 Å². The molecule has 27 heavy (non-hydrogen) atoms. The minimum absolute atomic E-state index is 0.123. The van der Waals surface area contributed by atoms with Crippen molar-refractivity contribution in [3.05, 3.63) is 72.9 Å². The molecular formula is C20H20N4O3. The lowest BCUT2D eigenvalue weighted by Gasteiger charge is -2.40. The topological polar surface area (TPSA) is 80.4 Å². The minimum Gasteiger partial charge on any atom is -0.459 e. The van der Waals surface area contributed by atoms with E-state index in [0.29, 0.717) is 31.7 Å². The molecule has 1 saturated heterocycles. The van der Waals surface area contributed by atoms with Crippen LogP contribution < -0.4 is 5.32 Å². The number of rotatable bonds is 4. The molecule has 138 valence electrons. The van der Waals surface area contributed by atoms with Crippen LogP contribution in [0.4, 0.5) is 5.69 Å². The highest BCUT2D eigenvalue weighted by Gasteiger charge is 2.44. The lowest BCUT2D eigenvalue weighted by atomic mass is 9.86. The van der Waals surface area contributed by atoms with Crippen molar-refractivity contribution in [2.45, 2.75) is 18.4 Å². The monoisotopic (exact) mass is 364 g/mol. The van der Waals surface area contributed by atoms with Gasteiger partial charge in [0.15, 0.2) is 5.76 Å². The number of furan rings is 1. The van der Waals surface area contributed by atoms with Gasteiger partial charge in [0.2, 0.25) is 0 Å². The first kappa shape index (κ1) is 17.1. The average Bonchev–Trinajstić information content (AvgIpc) is 3.42. The zero-order valence-electron chi connectivity index (χ0n) is 14.7. The van der Waals surface area contributed by atoms with E-state index >= 15 is 0 Å². The van der Waals surface area contributed by atoms with Gasteiger partial charge in [-0.3, -0.25) is 14.3 Å². The van der Waals surface area contributed by atoms with Gasteiger partial charge in [0, 0.05) is 31.2 Å². The van der Waals surface area contributed by atoms with Gasteiger partial charge in [-0.25, -0.2) is 0 Å². The normalized spacial score (nSPS) is 16.1. The number of likely N-dealkylation sites (tertiary alicyclic amines) is 1. The molecule has 0 bridgehead atoms. The molecule has 7 nitrogen and oxygen atoms in total. The number of nitrogens with zero attached hydrogens (tertiary/aromatic N) is 3. The summed E-state index contributed by atoms with van der Waals surface area (Å²) >= 11 is 0. The molecule has 0 saturated carbocycles. The van der Waals surface area contributed by atoms with Crippen molar-refractivity contribution < 1.29 is 14.0 Å². The molecule has 1 N–H and O–H groups in total. The molecule has 1 aromatic carbocycles. The molecule has 1 aliphatic rings. The summed E-state index contributed by atoms with van der Waals surface area (Å²) in [6, 6.07) is 14.5. The highest BCUT2D eigenvalue weighted by atomic mass is 16.3. The summed E-state index contributed by atoms with van der Waals surface area (Å²) in [7, 11) is 0. The number of piperidine rings is 1. The van der Waals surface area contributed by atoms with E-state index < -0.39 is 5.54 Å². The lowest BCUT2D eigenvalue weighted by Crippen LogP contribution is -2.54. The average molecular weight is 364 g/mol. The van der Waals surface area contributed by atoms with Gasteiger partial charge in [0.05, 0.1) is 6.26 Å². The molecule has 0 radical (unpaired) electrons. The number of carbonyl (C=O) groups is 2. The zero-order valence-corrected chi connectivity index (χ0v) is 14.7. The van der Waals surface area contributed by atoms with E-state index in [0.717, 1.165) is 5.69 Å². The van der Waals surface area contributed by atoms with Crippen LogP contribution in [-0.2, 0) is 10.3 Å². The second-order valence-corrected chi connectivity index (χ2v) is 6.57. The zero-order chi connectivity index (χ0) is 18.7. The Morgan fingerprint density at radius 1 is 1.04 bits per heavy atom. The van der Waals surface area contributed by atoms with Crippen molar-refractivity contribution in [1.29, 1.82) is 0 Å². The lowest BCUT2D eigenvalue weighted by molar-refractivity contribution is -0.127.